The topological polar surface area (TPSA) is 40.5 Å². The molecule has 0 unspecified atom stereocenters. The summed E-state index contributed by atoms with van der Waals surface area (Å²) in [6.07, 6.45) is 2.92. The fraction of sp³-hybridized carbons (Fsp3) is 1.00. The first-order valence-corrected chi connectivity index (χ1v) is 4.80. The van der Waals surface area contributed by atoms with Gasteiger partial charge in [0.05, 0.1) is 11.2 Å². The highest BCUT2D eigenvalue weighted by Gasteiger charge is 2.39. The Morgan fingerprint density at radius 2 is 1.42 bits per heavy atom. The molecule has 1 fully saturated rings. The van der Waals surface area contributed by atoms with Crippen LogP contribution in [-0.2, 0) is 0 Å². The van der Waals surface area contributed by atoms with E-state index < -0.39 is 11.2 Å². The molecule has 2 nitrogen and oxygen atoms in total. The zero-order valence-electron chi connectivity index (χ0n) is 8.30. The van der Waals surface area contributed by atoms with Gasteiger partial charge in [0.25, 0.3) is 0 Å². The first kappa shape index (κ1) is 10.0. The van der Waals surface area contributed by atoms with Crippen LogP contribution in [0, 0.1) is 5.92 Å². The Kier molecular flexibility index (Phi) is 2.50. The number of hydrogen-bond acceptors (Lipinski definition) is 2. The van der Waals surface area contributed by atoms with E-state index in [1.165, 1.54) is 0 Å². The third kappa shape index (κ3) is 1.99. The van der Waals surface area contributed by atoms with Crippen molar-refractivity contribution in [1.29, 1.82) is 0 Å². The summed E-state index contributed by atoms with van der Waals surface area (Å²) in [6, 6.07) is 0. The van der Waals surface area contributed by atoms with Gasteiger partial charge >= 0.3 is 0 Å². The number of aliphatic hydroxyl groups is 2. The van der Waals surface area contributed by atoms with Crippen LogP contribution in [0.1, 0.15) is 46.5 Å². The largest absolute Gasteiger partial charge is 0.390 e. The lowest BCUT2D eigenvalue weighted by Crippen LogP contribution is -2.44. The van der Waals surface area contributed by atoms with Gasteiger partial charge in [0.2, 0.25) is 0 Å². The molecule has 1 saturated carbocycles. The maximum absolute atomic E-state index is 10.1. The molecule has 0 bridgehead atoms. The summed E-state index contributed by atoms with van der Waals surface area (Å²) in [6.45, 7) is 5.94. The van der Waals surface area contributed by atoms with E-state index in [9.17, 15) is 10.2 Å². The molecule has 2 N–H and O–H groups in total. The van der Waals surface area contributed by atoms with Crippen molar-refractivity contribution in [3.63, 3.8) is 0 Å². The Morgan fingerprint density at radius 1 is 1.00 bits per heavy atom. The van der Waals surface area contributed by atoms with Crippen molar-refractivity contribution in [2.45, 2.75) is 57.7 Å². The Balaban J connectivity index is 2.55. The van der Waals surface area contributed by atoms with Crippen LogP contribution in [0.4, 0.5) is 0 Å². The van der Waals surface area contributed by atoms with Crippen LogP contribution in [0.25, 0.3) is 0 Å². The summed E-state index contributed by atoms with van der Waals surface area (Å²) in [5.74, 6) is 0.300. The molecule has 1 rings (SSSR count). The molecule has 1 aliphatic rings. The molecule has 0 aliphatic heterocycles. The van der Waals surface area contributed by atoms with Crippen LogP contribution in [0.2, 0.25) is 0 Å². The maximum Gasteiger partial charge on any atom is 0.0672 e. The molecule has 0 atom stereocenters. The van der Waals surface area contributed by atoms with Crippen molar-refractivity contribution < 1.29 is 10.2 Å². The van der Waals surface area contributed by atoms with Crippen molar-refractivity contribution in [2.24, 2.45) is 5.92 Å². The van der Waals surface area contributed by atoms with Gasteiger partial charge in [-0.2, -0.15) is 0 Å². The summed E-state index contributed by atoms with van der Waals surface area (Å²) < 4.78 is 0. The lowest BCUT2D eigenvalue weighted by Gasteiger charge is -2.41. The van der Waals surface area contributed by atoms with E-state index in [4.69, 9.17) is 0 Å². The fourth-order valence-corrected chi connectivity index (χ4v) is 1.80. The molecule has 1 aliphatic carbocycles. The van der Waals surface area contributed by atoms with Gasteiger partial charge in [0, 0.05) is 0 Å². The molecule has 0 aromatic rings. The molecule has 0 spiro atoms. The summed E-state index contributed by atoms with van der Waals surface area (Å²) in [7, 11) is 0. The zero-order chi connectivity index (χ0) is 9.41. The van der Waals surface area contributed by atoms with Gasteiger partial charge < -0.3 is 10.2 Å². The van der Waals surface area contributed by atoms with Gasteiger partial charge in [-0.1, -0.05) is 13.8 Å². The quantitative estimate of drug-likeness (QED) is 0.632. The second-order valence-electron chi connectivity index (χ2n) is 4.76. The van der Waals surface area contributed by atoms with Gasteiger partial charge in [-0.15, -0.1) is 0 Å². The highest BCUT2D eigenvalue weighted by molar-refractivity contribution is 4.92. The van der Waals surface area contributed by atoms with Crippen LogP contribution in [0.3, 0.4) is 0 Å². The Hall–Kier alpha value is -0.0800. The molecule has 0 aromatic heterocycles. The van der Waals surface area contributed by atoms with Crippen molar-refractivity contribution in [3.8, 4) is 0 Å². The summed E-state index contributed by atoms with van der Waals surface area (Å²) in [5, 5.41) is 19.7. The lowest BCUT2D eigenvalue weighted by molar-refractivity contribution is -0.0948. The van der Waals surface area contributed by atoms with Crippen molar-refractivity contribution >= 4 is 0 Å². The normalized spacial score (nSPS) is 43.5. The molecule has 0 saturated heterocycles. The first-order valence-electron chi connectivity index (χ1n) is 4.80. The van der Waals surface area contributed by atoms with E-state index in [1.807, 2.05) is 20.8 Å². The Bertz CT molecular complexity index is 151. The Labute approximate surface area is 74.6 Å². The minimum absolute atomic E-state index is 0.300. The van der Waals surface area contributed by atoms with Gasteiger partial charge in [-0.3, -0.25) is 0 Å². The molecule has 0 amide bonds. The van der Waals surface area contributed by atoms with E-state index in [1.54, 1.807) is 0 Å². The van der Waals surface area contributed by atoms with E-state index in [2.05, 4.69) is 0 Å². The van der Waals surface area contributed by atoms with Crippen molar-refractivity contribution in [1.82, 2.24) is 0 Å². The van der Waals surface area contributed by atoms with Crippen LogP contribution < -0.4 is 0 Å². The molecule has 0 aromatic carbocycles. The molecular formula is C10H20O2. The predicted molar refractivity (Wildman–Crippen MR) is 48.9 cm³/mol. The van der Waals surface area contributed by atoms with E-state index in [0.29, 0.717) is 5.92 Å². The lowest BCUT2D eigenvalue weighted by atomic mass is 9.72. The Morgan fingerprint density at radius 3 is 1.75 bits per heavy atom. The minimum atomic E-state index is -0.541. The van der Waals surface area contributed by atoms with Crippen molar-refractivity contribution in [2.75, 3.05) is 0 Å². The molecule has 0 radical (unpaired) electrons. The van der Waals surface area contributed by atoms with E-state index >= 15 is 0 Å². The first-order chi connectivity index (χ1) is 5.36. The van der Waals surface area contributed by atoms with Crippen LogP contribution in [0.5, 0.6) is 0 Å². The smallest absolute Gasteiger partial charge is 0.0672 e. The monoisotopic (exact) mass is 172 g/mol. The van der Waals surface area contributed by atoms with Crippen LogP contribution >= 0.6 is 0 Å². The number of hydrogen-bond donors (Lipinski definition) is 2. The maximum atomic E-state index is 10.1. The zero-order valence-corrected chi connectivity index (χ0v) is 8.30. The van der Waals surface area contributed by atoms with E-state index in [0.717, 1.165) is 25.7 Å². The van der Waals surface area contributed by atoms with Gasteiger partial charge in [0.15, 0.2) is 0 Å². The second-order valence-corrected chi connectivity index (χ2v) is 4.76. The summed E-state index contributed by atoms with van der Waals surface area (Å²) in [5.41, 5.74) is -1.07. The predicted octanol–water partition coefficient (Wildman–Crippen LogP) is 1.70. The average molecular weight is 172 g/mol. The van der Waals surface area contributed by atoms with Crippen LogP contribution in [-0.4, -0.2) is 21.4 Å². The van der Waals surface area contributed by atoms with Gasteiger partial charge in [0.1, 0.15) is 0 Å². The molecule has 72 valence electrons. The third-order valence-corrected chi connectivity index (χ3v) is 3.27. The second kappa shape index (κ2) is 3.00. The van der Waals surface area contributed by atoms with Crippen molar-refractivity contribution in [3.05, 3.63) is 0 Å². The number of rotatable bonds is 1. The van der Waals surface area contributed by atoms with Gasteiger partial charge in [-0.05, 0) is 38.5 Å². The molecule has 0 heterocycles. The summed E-state index contributed by atoms with van der Waals surface area (Å²) >= 11 is 0. The molecule has 2 heteroatoms. The molecule has 12 heavy (non-hydrogen) atoms. The summed E-state index contributed by atoms with van der Waals surface area (Å²) in [4.78, 5) is 0. The highest BCUT2D eigenvalue weighted by Crippen LogP contribution is 2.38. The highest BCUT2D eigenvalue weighted by atomic mass is 16.3. The van der Waals surface area contributed by atoms with Gasteiger partial charge in [-0.25, -0.2) is 0 Å². The minimum Gasteiger partial charge on any atom is -0.390 e. The molecular weight excluding hydrogens is 152 g/mol. The third-order valence-electron chi connectivity index (χ3n) is 3.27. The SMILES string of the molecule is CC(C)C1(O)CCC(C)(O)CC1. The van der Waals surface area contributed by atoms with E-state index in [-0.39, 0.29) is 0 Å². The fourth-order valence-electron chi connectivity index (χ4n) is 1.80. The van der Waals surface area contributed by atoms with Crippen LogP contribution in [0.15, 0.2) is 0 Å². The average Bonchev–Trinajstić information content (AvgIpc) is 1.96. The standard InChI is InChI=1S/C10H20O2/c1-8(2)10(12)6-4-9(3,11)5-7-10/h8,11-12H,4-7H2,1-3H3.